The minimum Gasteiger partial charge on any atom is -0.508 e. The van der Waals surface area contributed by atoms with E-state index >= 15 is 0 Å². The number of methoxy groups -OCH3 is 1. The fourth-order valence-electron chi connectivity index (χ4n) is 5.46. The highest BCUT2D eigenvalue weighted by molar-refractivity contribution is 5.84. The molecule has 2 aliphatic heterocycles. The Morgan fingerprint density at radius 2 is 1.74 bits per heavy atom. The molecule has 1 aromatic carbocycles. The highest BCUT2D eigenvalue weighted by atomic mass is 16.6. The number of aromatic hydroxyl groups is 1. The van der Waals surface area contributed by atoms with Crippen molar-refractivity contribution in [2.75, 3.05) is 33.3 Å². The summed E-state index contributed by atoms with van der Waals surface area (Å²) in [6.07, 6.45) is 4.32. The summed E-state index contributed by atoms with van der Waals surface area (Å²) < 4.78 is 10.3. The molecule has 0 saturated carbocycles. The molecule has 9 nitrogen and oxygen atoms in total. The van der Waals surface area contributed by atoms with Gasteiger partial charge in [0.05, 0.1) is 13.5 Å². The van der Waals surface area contributed by atoms with E-state index in [1.807, 2.05) is 25.7 Å². The minimum atomic E-state index is -0.513. The fourth-order valence-corrected chi connectivity index (χ4v) is 5.46. The Morgan fingerprint density at radius 3 is 2.38 bits per heavy atom. The zero-order chi connectivity index (χ0) is 28.6. The van der Waals surface area contributed by atoms with Gasteiger partial charge >= 0.3 is 12.1 Å². The van der Waals surface area contributed by atoms with Crippen molar-refractivity contribution in [2.45, 2.75) is 83.7 Å². The van der Waals surface area contributed by atoms with Gasteiger partial charge in [0.25, 0.3) is 0 Å². The van der Waals surface area contributed by atoms with Crippen LogP contribution in [0.25, 0.3) is 0 Å². The number of carbonyl (C=O) groups excluding carboxylic acids is 4. The molecular weight excluding hydrogens is 500 g/mol. The molecule has 2 saturated heterocycles. The number of carbonyl (C=O) groups is 4. The van der Waals surface area contributed by atoms with Crippen LogP contribution >= 0.6 is 0 Å². The first-order valence-electron chi connectivity index (χ1n) is 14.1. The number of ketones is 1. The quantitative estimate of drug-likeness (QED) is 0.450. The van der Waals surface area contributed by atoms with Crippen LogP contribution < -0.4 is 0 Å². The predicted molar refractivity (Wildman–Crippen MR) is 146 cm³/mol. The Morgan fingerprint density at radius 1 is 1.03 bits per heavy atom. The average molecular weight is 545 g/mol. The van der Waals surface area contributed by atoms with Crippen molar-refractivity contribution < 1.29 is 33.8 Å². The molecule has 2 heterocycles. The number of hydrogen-bond acceptors (Lipinski definition) is 7. The molecule has 1 aromatic rings. The molecule has 2 fully saturated rings. The Bertz CT molecular complexity index is 1010. The summed E-state index contributed by atoms with van der Waals surface area (Å²) in [5, 5.41) is 9.89. The van der Waals surface area contributed by atoms with Gasteiger partial charge in [-0.15, -0.1) is 0 Å². The molecule has 2 aliphatic rings. The van der Waals surface area contributed by atoms with Gasteiger partial charge in [-0.25, -0.2) is 4.79 Å². The van der Waals surface area contributed by atoms with Crippen LogP contribution in [-0.2, 0) is 23.9 Å². The van der Waals surface area contributed by atoms with Gasteiger partial charge in [-0.05, 0) is 76.5 Å². The molecule has 0 unspecified atom stereocenters. The lowest BCUT2D eigenvalue weighted by Gasteiger charge is -2.35. The molecule has 0 spiro atoms. The fraction of sp³-hybridized carbons (Fsp3) is 0.667. The third kappa shape index (κ3) is 9.55. The number of phenols is 1. The summed E-state index contributed by atoms with van der Waals surface area (Å²) in [5.41, 5.74) is 0.205. The number of ether oxygens (including phenoxy) is 2. The maximum Gasteiger partial charge on any atom is 0.410 e. The van der Waals surface area contributed by atoms with Crippen molar-refractivity contribution in [3.8, 4) is 5.75 Å². The van der Waals surface area contributed by atoms with E-state index in [9.17, 15) is 24.3 Å². The zero-order valence-corrected chi connectivity index (χ0v) is 23.8. The molecular formula is C30H44N2O7. The van der Waals surface area contributed by atoms with Crippen molar-refractivity contribution in [3.05, 3.63) is 29.8 Å². The second-order valence-corrected chi connectivity index (χ2v) is 11.9. The van der Waals surface area contributed by atoms with E-state index in [1.165, 1.54) is 7.11 Å². The molecule has 216 valence electrons. The van der Waals surface area contributed by atoms with Crippen LogP contribution in [0, 0.1) is 11.8 Å². The average Bonchev–Trinajstić information content (AvgIpc) is 2.90. The van der Waals surface area contributed by atoms with Crippen molar-refractivity contribution in [1.82, 2.24) is 9.80 Å². The zero-order valence-electron chi connectivity index (χ0n) is 23.8. The molecule has 0 aliphatic carbocycles. The normalized spacial score (nSPS) is 19.3. The molecule has 2 amide bonds. The summed E-state index contributed by atoms with van der Waals surface area (Å²) in [6, 6.07) is 6.63. The van der Waals surface area contributed by atoms with Crippen LogP contribution in [0.15, 0.2) is 24.3 Å². The molecule has 39 heavy (non-hydrogen) atoms. The highest BCUT2D eigenvalue weighted by Gasteiger charge is 2.32. The smallest absolute Gasteiger partial charge is 0.410 e. The van der Waals surface area contributed by atoms with Crippen molar-refractivity contribution in [1.29, 1.82) is 0 Å². The van der Waals surface area contributed by atoms with Gasteiger partial charge in [-0.3, -0.25) is 14.4 Å². The summed E-state index contributed by atoms with van der Waals surface area (Å²) in [5.74, 6) is -0.503. The molecule has 0 aromatic heterocycles. The summed E-state index contributed by atoms with van der Waals surface area (Å²) in [4.78, 5) is 54.2. The SMILES string of the molecule is COC(=O)C[C@H](CC(=O)[C@@H]1CCCN(C(=O)CCC2CCN(C(=O)OC(C)(C)C)CC2)C1)c1cccc(O)c1. The Labute approximate surface area is 231 Å². The van der Waals surface area contributed by atoms with Crippen LogP contribution in [0.2, 0.25) is 0 Å². The highest BCUT2D eigenvalue weighted by Crippen LogP contribution is 2.31. The number of nitrogens with zero attached hydrogens (tertiary/aromatic N) is 2. The third-order valence-corrected chi connectivity index (χ3v) is 7.69. The van der Waals surface area contributed by atoms with Crippen LogP contribution in [0.3, 0.4) is 0 Å². The first kappa shape index (κ1) is 30.4. The largest absolute Gasteiger partial charge is 0.508 e. The number of Topliss-reactive ketones (excluding diaryl/α,β-unsaturated/α-hetero) is 1. The van der Waals surface area contributed by atoms with Crippen LogP contribution in [0.5, 0.6) is 5.75 Å². The van der Waals surface area contributed by atoms with E-state index in [4.69, 9.17) is 9.47 Å². The molecule has 1 N–H and O–H groups in total. The summed E-state index contributed by atoms with van der Waals surface area (Å²) in [7, 11) is 1.32. The predicted octanol–water partition coefficient (Wildman–Crippen LogP) is 4.66. The number of piperidine rings is 2. The van der Waals surface area contributed by atoms with E-state index in [2.05, 4.69) is 0 Å². The molecule has 3 rings (SSSR count). The van der Waals surface area contributed by atoms with Crippen LogP contribution in [0.1, 0.15) is 83.6 Å². The molecule has 0 radical (unpaired) electrons. The Kier molecular flexibility index (Phi) is 10.8. The van der Waals surface area contributed by atoms with Gasteiger partial charge in [0.2, 0.25) is 5.91 Å². The molecule has 9 heteroatoms. The Hall–Kier alpha value is -3.10. The van der Waals surface area contributed by atoms with E-state index in [-0.39, 0.29) is 42.3 Å². The lowest BCUT2D eigenvalue weighted by atomic mass is 9.84. The van der Waals surface area contributed by atoms with Crippen LogP contribution in [-0.4, -0.2) is 77.5 Å². The monoisotopic (exact) mass is 544 g/mol. The number of phenolic OH excluding ortho intramolecular Hbond substituents is 1. The number of likely N-dealkylation sites (tertiary alicyclic amines) is 2. The standard InChI is InChI=1S/C30H44N2O7/c1-30(2,3)39-29(37)31-15-12-21(13-16-31)10-11-27(35)32-14-6-8-23(20-32)26(34)18-24(19-28(36)38-4)22-7-5-9-25(33)17-22/h5,7,9,17,21,23-24,33H,6,8,10-16,18-20H2,1-4H3/t23-,24+/m1/s1. The second-order valence-electron chi connectivity index (χ2n) is 11.9. The molecule has 2 atom stereocenters. The minimum absolute atomic E-state index is 0.0271. The lowest BCUT2D eigenvalue weighted by molar-refractivity contribution is -0.141. The van der Waals surface area contributed by atoms with Crippen molar-refractivity contribution in [2.24, 2.45) is 11.8 Å². The van der Waals surface area contributed by atoms with Gasteiger partial charge in [0.15, 0.2) is 0 Å². The third-order valence-electron chi connectivity index (χ3n) is 7.69. The van der Waals surface area contributed by atoms with Gasteiger partial charge in [0.1, 0.15) is 17.1 Å². The summed E-state index contributed by atoms with van der Waals surface area (Å²) >= 11 is 0. The van der Waals surface area contributed by atoms with Crippen molar-refractivity contribution in [3.63, 3.8) is 0 Å². The van der Waals surface area contributed by atoms with Crippen molar-refractivity contribution >= 4 is 23.8 Å². The number of rotatable bonds is 9. The van der Waals surface area contributed by atoms with E-state index in [0.29, 0.717) is 38.5 Å². The van der Waals surface area contributed by atoms with Crippen LogP contribution in [0.4, 0.5) is 4.79 Å². The number of amides is 2. The summed E-state index contributed by atoms with van der Waals surface area (Å²) in [6.45, 7) is 7.91. The van der Waals surface area contributed by atoms with Gasteiger partial charge in [-0.2, -0.15) is 0 Å². The second kappa shape index (κ2) is 13.8. The van der Waals surface area contributed by atoms with Gasteiger partial charge in [0, 0.05) is 50.9 Å². The van der Waals surface area contributed by atoms with Gasteiger partial charge < -0.3 is 24.4 Å². The number of esters is 1. The lowest BCUT2D eigenvalue weighted by Crippen LogP contribution is -2.43. The van der Waals surface area contributed by atoms with E-state index in [1.54, 1.807) is 29.2 Å². The first-order chi connectivity index (χ1) is 18.4. The van der Waals surface area contributed by atoms with E-state index < -0.39 is 17.5 Å². The Balaban J connectivity index is 1.48. The number of hydrogen-bond donors (Lipinski definition) is 1. The maximum atomic E-state index is 13.3. The van der Waals surface area contributed by atoms with Gasteiger partial charge in [-0.1, -0.05) is 12.1 Å². The number of benzene rings is 1. The molecule has 0 bridgehead atoms. The topological polar surface area (TPSA) is 113 Å². The van der Waals surface area contributed by atoms with E-state index in [0.717, 1.165) is 37.7 Å². The maximum absolute atomic E-state index is 13.3. The first-order valence-corrected chi connectivity index (χ1v) is 14.1.